The molecule has 2 aromatic rings. The highest BCUT2D eigenvalue weighted by atomic mass is 32.1. The average molecular weight is 369 g/mol. The van der Waals surface area contributed by atoms with Gasteiger partial charge in [-0.1, -0.05) is 18.9 Å². The van der Waals surface area contributed by atoms with Crippen LogP contribution in [0.3, 0.4) is 0 Å². The highest BCUT2D eigenvalue weighted by molar-refractivity contribution is 7.13. The number of hydrogen-bond acceptors (Lipinski definition) is 5. The summed E-state index contributed by atoms with van der Waals surface area (Å²) in [5, 5.41) is 12.0. The number of amides is 1. The summed E-state index contributed by atoms with van der Waals surface area (Å²) in [7, 11) is 0. The van der Waals surface area contributed by atoms with E-state index in [1.54, 1.807) is 34.6 Å². The van der Waals surface area contributed by atoms with Crippen molar-refractivity contribution < 1.29 is 14.7 Å². The van der Waals surface area contributed by atoms with E-state index >= 15 is 0 Å². The van der Waals surface area contributed by atoms with Crippen LogP contribution in [0.4, 0.5) is 5.13 Å². The van der Waals surface area contributed by atoms with Crippen LogP contribution in [0.1, 0.15) is 29.3 Å². The summed E-state index contributed by atoms with van der Waals surface area (Å²) in [5.41, 5.74) is 0.681. The van der Waals surface area contributed by atoms with Crippen molar-refractivity contribution in [3.63, 3.8) is 0 Å². The zero-order valence-electron chi connectivity index (χ0n) is 14.4. The number of carbonyl (C=O) groups is 2. The number of aromatic nitrogens is 1. The van der Waals surface area contributed by atoms with Gasteiger partial charge < -0.3 is 14.9 Å². The maximum absolute atomic E-state index is 12.6. The summed E-state index contributed by atoms with van der Waals surface area (Å²) in [5.74, 6) is 4.22. The number of carboxylic acid groups (broad SMARTS) is 1. The van der Waals surface area contributed by atoms with E-state index in [4.69, 9.17) is 5.11 Å². The van der Waals surface area contributed by atoms with Crippen LogP contribution < -0.4 is 4.90 Å². The molecule has 1 aliphatic heterocycles. The molecule has 1 aromatic heterocycles. The molecular formula is C19H19N3O3S. The van der Waals surface area contributed by atoms with Gasteiger partial charge in [-0.2, -0.15) is 0 Å². The van der Waals surface area contributed by atoms with Gasteiger partial charge in [0.1, 0.15) is 0 Å². The first-order valence-electron chi connectivity index (χ1n) is 8.39. The largest absolute Gasteiger partial charge is 0.478 e. The minimum atomic E-state index is -1.01. The van der Waals surface area contributed by atoms with Crippen LogP contribution >= 0.6 is 11.3 Å². The van der Waals surface area contributed by atoms with E-state index in [1.165, 1.54) is 12.1 Å². The number of benzene rings is 1. The summed E-state index contributed by atoms with van der Waals surface area (Å²) < 4.78 is 0. The molecule has 1 aliphatic rings. The topological polar surface area (TPSA) is 73.7 Å². The van der Waals surface area contributed by atoms with E-state index in [9.17, 15) is 9.59 Å². The van der Waals surface area contributed by atoms with Crippen LogP contribution in [-0.2, 0) is 4.79 Å². The number of anilines is 1. The Hall–Kier alpha value is -2.85. The lowest BCUT2D eigenvalue weighted by molar-refractivity contribution is -0.127. The second kappa shape index (κ2) is 8.02. The van der Waals surface area contributed by atoms with E-state index in [0.717, 1.165) is 24.6 Å². The van der Waals surface area contributed by atoms with Crippen LogP contribution in [0.15, 0.2) is 35.8 Å². The molecule has 7 heteroatoms. The van der Waals surface area contributed by atoms with E-state index < -0.39 is 5.97 Å². The number of carboxylic acids is 1. The molecule has 1 fully saturated rings. The summed E-state index contributed by atoms with van der Waals surface area (Å²) in [4.78, 5) is 31.9. The van der Waals surface area contributed by atoms with Gasteiger partial charge in [0.05, 0.1) is 11.6 Å². The van der Waals surface area contributed by atoms with E-state index in [-0.39, 0.29) is 17.5 Å². The summed E-state index contributed by atoms with van der Waals surface area (Å²) in [6.45, 7) is 4.12. The third kappa shape index (κ3) is 4.03. The molecule has 1 aromatic carbocycles. The highest BCUT2D eigenvalue weighted by Crippen LogP contribution is 2.22. The van der Waals surface area contributed by atoms with Crippen molar-refractivity contribution in [3.05, 3.63) is 47.0 Å². The molecule has 0 radical (unpaired) electrons. The third-order valence-corrected chi connectivity index (χ3v) is 5.16. The van der Waals surface area contributed by atoms with Crippen LogP contribution in [0, 0.1) is 11.8 Å². The molecule has 6 nitrogen and oxygen atoms in total. The zero-order valence-corrected chi connectivity index (χ0v) is 15.2. The first kappa shape index (κ1) is 18.0. The van der Waals surface area contributed by atoms with Gasteiger partial charge in [-0.3, -0.25) is 4.79 Å². The minimum Gasteiger partial charge on any atom is -0.478 e. The molecule has 0 spiro atoms. The zero-order chi connectivity index (χ0) is 18.5. The Morgan fingerprint density at radius 1 is 1.38 bits per heavy atom. The average Bonchev–Trinajstić information content (AvgIpc) is 3.20. The fourth-order valence-electron chi connectivity index (χ4n) is 2.95. The standard InChI is InChI=1S/C19H19N3O3S/c1-2-16-13-21(19-20-8-11-26-19)9-10-22(16)17(23)7-6-14-4-3-5-15(12-14)18(24)25/h3-5,8,11-12,16H,2,9-10,13H2,1H3,(H,24,25). The first-order chi connectivity index (χ1) is 12.6. The Morgan fingerprint density at radius 2 is 2.23 bits per heavy atom. The van der Waals surface area contributed by atoms with Crippen molar-refractivity contribution in [1.82, 2.24) is 9.88 Å². The summed E-state index contributed by atoms with van der Waals surface area (Å²) in [6, 6.07) is 6.38. The molecule has 1 atom stereocenters. The number of rotatable bonds is 3. The molecule has 0 bridgehead atoms. The molecule has 1 amide bonds. The van der Waals surface area contributed by atoms with Crippen LogP contribution in [0.2, 0.25) is 0 Å². The second-order valence-corrected chi connectivity index (χ2v) is 6.83. The van der Waals surface area contributed by atoms with Gasteiger partial charge in [0.2, 0.25) is 0 Å². The normalized spacial score (nSPS) is 16.7. The SMILES string of the molecule is CCC1CN(c2nccs2)CCN1C(=O)C#Cc1cccc(C(=O)O)c1. The molecule has 1 unspecified atom stereocenters. The van der Waals surface area contributed by atoms with Crippen molar-refractivity contribution in [2.75, 3.05) is 24.5 Å². The molecule has 3 rings (SSSR count). The Bertz CT molecular complexity index is 854. The number of hydrogen-bond donors (Lipinski definition) is 1. The summed E-state index contributed by atoms with van der Waals surface area (Å²) in [6.07, 6.45) is 2.62. The van der Waals surface area contributed by atoms with Gasteiger partial charge in [-0.05, 0) is 24.6 Å². The van der Waals surface area contributed by atoms with Gasteiger partial charge in [-0.15, -0.1) is 11.3 Å². The first-order valence-corrected chi connectivity index (χ1v) is 9.27. The fourth-order valence-corrected chi connectivity index (χ4v) is 3.63. The number of piperazine rings is 1. The Balaban J connectivity index is 1.70. The predicted molar refractivity (Wildman–Crippen MR) is 100 cm³/mol. The molecule has 134 valence electrons. The molecule has 2 heterocycles. The smallest absolute Gasteiger partial charge is 0.335 e. The molecule has 1 N–H and O–H groups in total. The fraction of sp³-hybridized carbons (Fsp3) is 0.316. The van der Waals surface area contributed by atoms with Crippen molar-refractivity contribution >= 4 is 28.3 Å². The maximum atomic E-state index is 12.6. The lowest BCUT2D eigenvalue weighted by atomic mass is 10.1. The number of thiazole rings is 1. The van der Waals surface area contributed by atoms with Crippen LogP contribution in [0.5, 0.6) is 0 Å². The minimum absolute atomic E-state index is 0.0832. The monoisotopic (exact) mass is 369 g/mol. The molecule has 26 heavy (non-hydrogen) atoms. The van der Waals surface area contributed by atoms with Crippen LogP contribution in [-0.4, -0.2) is 52.5 Å². The lowest BCUT2D eigenvalue weighted by Crippen LogP contribution is -2.54. The van der Waals surface area contributed by atoms with Crippen molar-refractivity contribution in [1.29, 1.82) is 0 Å². The van der Waals surface area contributed by atoms with Crippen LogP contribution in [0.25, 0.3) is 0 Å². The lowest BCUT2D eigenvalue weighted by Gasteiger charge is -2.40. The molecule has 1 saturated heterocycles. The third-order valence-electron chi connectivity index (χ3n) is 4.33. The van der Waals surface area contributed by atoms with Gasteiger partial charge >= 0.3 is 5.97 Å². The molecular weight excluding hydrogens is 350 g/mol. The highest BCUT2D eigenvalue weighted by Gasteiger charge is 2.29. The van der Waals surface area contributed by atoms with Gasteiger partial charge in [-0.25, -0.2) is 9.78 Å². The quantitative estimate of drug-likeness (QED) is 0.841. The number of aromatic carboxylic acids is 1. The second-order valence-electron chi connectivity index (χ2n) is 5.96. The maximum Gasteiger partial charge on any atom is 0.335 e. The Kier molecular flexibility index (Phi) is 5.54. The van der Waals surface area contributed by atoms with E-state index in [2.05, 4.69) is 28.6 Å². The van der Waals surface area contributed by atoms with E-state index in [0.29, 0.717) is 12.1 Å². The number of nitrogens with zero attached hydrogens (tertiary/aromatic N) is 3. The van der Waals surface area contributed by atoms with Crippen molar-refractivity contribution in [2.45, 2.75) is 19.4 Å². The number of carbonyl (C=O) groups excluding carboxylic acids is 1. The van der Waals surface area contributed by atoms with Crippen molar-refractivity contribution in [3.8, 4) is 11.8 Å². The summed E-state index contributed by atoms with van der Waals surface area (Å²) >= 11 is 1.60. The Labute approximate surface area is 156 Å². The van der Waals surface area contributed by atoms with Crippen molar-refractivity contribution in [2.24, 2.45) is 0 Å². The predicted octanol–water partition coefficient (Wildman–Crippen LogP) is 2.32. The van der Waals surface area contributed by atoms with Gasteiger partial charge in [0.15, 0.2) is 5.13 Å². The molecule has 0 saturated carbocycles. The van der Waals surface area contributed by atoms with Gasteiger partial charge in [0, 0.05) is 42.7 Å². The Morgan fingerprint density at radius 3 is 2.92 bits per heavy atom. The van der Waals surface area contributed by atoms with Gasteiger partial charge in [0.25, 0.3) is 5.91 Å². The van der Waals surface area contributed by atoms with E-state index in [1.807, 2.05) is 5.38 Å². The molecule has 0 aliphatic carbocycles.